The Kier molecular flexibility index (Phi) is 4.12. The van der Waals surface area contributed by atoms with E-state index in [1.54, 1.807) is 0 Å². The molecular formula is C18H17N3. The van der Waals surface area contributed by atoms with E-state index in [0.29, 0.717) is 6.54 Å². The van der Waals surface area contributed by atoms with E-state index < -0.39 is 0 Å². The van der Waals surface area contributed by atoms with E-state index in [9.17, 15) is 0 Å². The number of aromatic nitrogens is 1. The number of benzene rings is 2. The quantitative estimate of drug-likeness (QED) is 0.710. The van der Waals surface area contributed by atoms with Crippen LogP contribution in [0.3, 0.4) is 0 Å². The van der Waals surface area contributed by atoms with Crippen LogP contribution in [-0.4, -0.2) is 4.98 Å². The Balaban J connectivity index is 1.84. The van der Waals surface area contributed by atoms with Crippen molar-refractivity contribution in [3.8, 4) is 0 Å². The SMILES string of the molecule is c1ccc(NN(Cc2ccccn2)c2ccccc2)cc1. The van der Waals surface area contributed by atoms with Gasteiger partial charge in [0, 0.05) is 6.20 Å². The van der Waals surface area contributed by atoms with E-state index in [-0.39, 0.29) is 0 Å². The molecule has 2 aromatic carbocycles. The fourth-order valence-corrected chi connectivity index (χ4v) is 2.13. The molecular weight excluding hydrogens is 258 g/mol. The zero-order valence-corrected chi connectivity index (χ0v) is 11.7. The van der Waals surface area contributed by atoms with Gasteiger partial charge in [-0.2, -0.15) is 0 Å². The fraction of sp³-hybridized carbons (Fsp3) is 0.0556. The Labute approximate surface area is 124 Å². The molecule has 1 aromatic heterocycles. The van der Waals surface area contributed by atoms with E-state index in [1.165, 1.54) is 0 Å². The van der Waals surface area contributed by atoms with Crippen molar-refractivity contribution in [3.63, 3.8) is 0 Å². The number of hydrogen-bond donors (Lipinski definition) is 1. The van der Waals surface area contributed by atoms with Crippen LogP contribution < -0.4 is 10.4 Å². The molecule has 0 amide bonds. The highest BCUT2D eigenvalue weighted by Gasteiger charge is 2.07. The summed E-state index contributed by atoms with van der Waals surface area (Å²) >= 11 is 0. The third-order valence-corrected chi connectivity index (χ3v) is 3.15. The van der Waals surface area contributed by atoms with Gasteiger partial charge >= 0.3 is 0 Å². The Morgan fingerprint density at radius 3 is 2.10 bits per heavy atom. The fourth-order valence-electron chi connectivity index (χ4n) is 2.13. The van der Waals surface area contributed by atoms with Crippen molar-refractivity contribution in [3.05, 3.63) is 90.8 Å². The number of para-hydroxylation sites is 2. The lowest BCUT2D eigenvalue weighted by Gasteiger charge is -2.26. The lowest BCUT2D eigenvalue weighted by molar-refractivity contribution is 0.872. The highest BCUT2D eigenvalue weighted by molar-refractivity contribution is 5.55. The van der Waals surface area contributed by atoms with Gasteiger partial charge in [0.05, 0.1) is 23.6 Å². The van der Waals surface area contributed by atoms with Gasteiger partial charge in [0.2, 0.25) is 0 Å². The van der Waals surface area contributed by atoms with E-state index in [4.69, 9.17) is 0 Å². The van der Waals surface area contributed by atoms with Crippen molar-refractivity contribution >= 4 is 11.4 Å². The summed E-state index contributed by atoms with van der Waals surface area (Å²) in [6, 6.07) is 26.4. The van der Waals surface area contributed by atoms with E-state index in [0.717, 1.165) is 17.1 Å². The normalized spacial score (nSPS) is 10.1. The van der Waals surface area contributed by atoms with Crippen molar-refractivity contribution in [1.82, 2.24) is 4.98 Å². The third kappa shape index (κ3) is 3.60. The van der Waals surface area contributed by atoms with Crippen molar-refractivity contribution < 1.29 is 0 Å². The average Bonchev–Trinajstić information content (AvgIpc) is 2.57. The molecule has 3 aromatic rings. The largest absolute Gasteiger partial charge is 0.298 e. The Morgan fingerprint density at radius 1 is 0.762 bits per heavy atom. The van der Waals surface area contributed by atoms with Crippen LogP contribution in [0.1, 0.15) is 5.69 Å². The summed E-state index contributed by atoms with van der Waals surface area (Å²) in [7, 11) is 0. The van der Waals surface area contributed by atoms with Gasteiger partial charge in [0.1, 0.15) is 0 Å². The van der Waals surface area contributed by atoms with E-state index in [2.05, 4.69) is 27.6 Å². The maximum absolute atomic E-state index is 4.40. The summed E-state index contributed by atoms with van der Waals surface area (Å²) in [6.45, 7) is 0.694. The molecule has 104 valence electrons. The second kappa shape index (κ2) is 6.57. The van der Waals surface area contributed by atoms with Gasteiger partial charge in [-0.3, -0.25) is 15.4 Å². The molecule has 0 radical (unpaired) electrons. The van der Waals surface area contributed by atoms with Crippen molar-refractivity contribution in [2.75, 3.05) is 10.4 Å². The van der Waals surface area contributed by atoms with Crippen LogP contribution in [0.4, 0.5) is 11.4 Å². The summed E-state index contributed by atoms with van der Waals surface area (Å²) < 4.78 is 0. The summed E-state index contributed by atoms with van der Waals surface area (Å²) in [5, 5.41) is 2.09. The van der Waals surface area contributed by atoms with Crippen LogP contribution in [0, 0.1) is 0 Å². The minimum atomic E-state index is 0.694. The van der Waals surface area contributed by atoms with E-state index in [1.807, 2.05) is 72.9 Å². The molecule has 3 nitrogen and oxygen atoms in total. The monoisotopic (exact) mass is 275 g/mol. The predicted molar refractivity (Wildman–Crippen MR) is 86.9 cm³/mol. The standard InChI is InChI=1S/C18H17N3/c1-3-9-16(10-4-1)20-21(18-12-5-2-6-13-18)15-17-11-7-8-14-19-17/h1-14,20H,15H2. The molecule has 0 aliphatic carbocycles. The molecule has 0 bridgehead atoms. The van der Waals surface area contributed by atoms with Gasteiger partial charge in [-0.1, -0.05) is 42.5 Å². The van der Waals surface area contributed by atoms with Gasteiger partial charge in [-0.15, -0.1) is 0 Å². The molecule has 0 spiro atoms. The number of pyridine rings is 1. The molecule has 0 aliphatic heterocycles. The number of rotatable bonds is 5. The van der Waals surface area contributed by atoms with Crippen LogP contribution in [0.2, 0.25) is 0 Å². The van der Waals surface area contributed by atoms with Crippen LogP contribution in [0.5, 0.6) is 0 Å². The summed E-state index contributed by atoms with van der Waals surface area (Å²) in [4.78, 5) is 4.40. The van der Waals surface area contributed by atoms with Gasteiger partial charge in [0.25, 0.3) is 0 Å². The van der Waals surface area contributed by atoms with Gasteiger partial charge in [-0.05, 0) is 36.4 Å². The molecule has 3 rings (SSSR count). The zero-order chi connectivity index (χ0) is 14.3. The van der Waals surface area contributed by atoms with Crippen LogP contribution in [-0.2, 0) is 6.54 Å². The molecule has 1 N–H and O–H groups in total. The van der Waals surface area contributed by atoms with Crippen molar-refractivity contribution in [1.29, 1.82) is 0 Å². The zero-order valence-electron chi connectivity index (χ0n) is 11.7. The molecule has 3 heteroatoms. The molecule has 1 heterocycles. The highest BCUT2D eigenvalue weighted by atomic mass is 15.5. The number of anilines is 2. The molecule has 0 saturated carbocycles. The first-order valence-corrected chi connectivity index (χ1v) is 6.96. The van der Waals surface area contributed by atoms with Gasteiger partial charge < -0.3 is 0 Å². The lowest BCUT2D eigenvalue weighted by atomic mass is 10.3. The molecule has 21 heavy (non-hydrogen) atoms. The summed E-state index contributed by atoms with van der Waals surface area (Å²) in [5.41, 5.74) is 6.61. The molecule has 0 unspecified atom stereocenters. The minimum absolute atomic E-state index is 0.694. The Hall–Kier alpha value is -2.81. The van der Waals surface area contributed by atoms with Crippen LogP contribution in [0.15, 0.2) is 85.1 Å². The van der Waals surface area contributed by atoms with Crippen LogP contribution in [0.25, 0.3) is 0 Å². The smallest absolute Gasteiger partial charge is 0.0816 e. The second-order valence-corrected chi connectivity index (χ2v) is 4.72. The summed E-state index contributed by atoms with van der Waals surface area (Å²) in [5.74, 6) is 0. The first-order valence-electron chi connectivity index (χ1n) is 6.96. The molecule has 0 atom stereocenters. The van der Waals surface area contributed by atoms with Gasteiger partial charge in [-0.25, -0.2) is 0 Å². The predicted octanol–water partition coefficient (Wildman–Crippen LogP) is 4.12. The third-order valence-electron chi connectivity index (χ3n) is 3.15. The first-order chi connectivity index (χ1) is 10.4. The Bertz CT molecular complexity index is 612. The van der Waals surface area contributed by atoms with Crippen molar-refractivity contribution in [2.45, 2.75) is 6.54 Å². The minimum Gasteiger partial charge on any atom is -0.298 e. The summed E-state index contributed by atoms with van der Waals surface area (Å²) in [6.07, 6.45) is 1.82. The lowest BCUT2D eigenvalue weighted by Crippen LogP contribution is -2.29. The van der Waals surface area contributed by atoms with Crippen LogP contribution >= 0.6 is 0 Å². The topological polar surface area (TPSA) is 28.2 Å². The van der Waals surface area contributed by atoms with E-state index >= 15 is 0 Å². The number of hydrazine groups is 1. The number of hydrogen-bond acceptors (Lipinski definition) is 3. The molecule has 0 saturated heterocycles. The molecule has 0 fully saturated rings. The molecule has 0 aliphatic rings. The maximum atomic E-state index is 4.40. The Morgan fingerprint density at radius 2 is 1.43 bits per heavy atom. The average molecular weight is 275 g/mol. The maximum Gasteiger partial charge on any atom is 0.0816 e. The van der Waals surface area contributed by atoms with Crippen molar-refractivity contribution in [2.24, 2.45) is 0 Å². The number of nitrogens with one attached hydrogen (secondary N) is 1. The highest BCUT2D eigenvalue weighted by Crippen LogP contribution is 2.18. The first kappa shape index (κ1) is 13.2. The van der Waals surface area contributed by atoms with Gasteiger partial charge in [0.15, 0.2) is 0 Å². The number of nitrogens with zero attached hydrogens (tertiary/aromatic N) is 2. The second-order valence-electron chi connectivity index (χ2n) is 4.72.